The molecule has 1 aliphatic rings. The van der Waals surface area contributed by atoms with Crippen LogP contribution in [-0.2, 0) is 39.6 Å². The molecular weight excluding hydrogens is 430 g/mol. The second-order valence-corrected chi connectivity index (χ2v) is 9.81. The molecule has 1 saturated heterocycles. The van der Waals surface area contributed by atoms with Gasteiger partial charge in [0.15, 0.2) is 18.9 Å². The van der Waals surface area contributed by atoms with Crippen LogP contribution in [0.15, 0.2) is 21.9 Å². The van der Waals surface area contributed by atoms with Crippen molar-refractivity contribution >= 4 is 26.1 Å². The molecule has 0 aromatic carbocycles. The Hall–Kier alpha value is -0.760. The second kappa shape index (κ2) is 8.72. The van der Waals surface area contributed by atoms with Crippen molar-refractivity contribution in [3.05, 3.63) is 33.1 Å². The van der Waals surface area contributed by atoms with Crippen LogP contribution in [-0.4, -0.2) is 63.3 Å². The number of nitrogens with one attached hydrogen (secondary N) is 1. The minimum absolute atomic E-state index is 0.647. The fourth-order valence-corrected chi connectivity index (χ4v) is 3.61. The van der Waals surface area contributed by atoms with Crippen LogP contribution in [0.2, 0.25) is 0 Å². The Bertz CT molecular complexity index is 866. The minimum atomic E-state index is -4.23. The number of hydrogen-bond acceptors (Lipinski definition) is 9. The van der Waals surface area contributed by atoms with E-state index in [0.29, 0.717) is 0 Å². The molecule has 0 aliphatic carbocycles. The van der Waals surface area contributed by atoms with E-state index in [-0.39, 0.29) is 0 Å². The van der Waals surface area contributed by atoms with Gasteiger partial charge in [-0.15, -0.1) is 0 Å². The lowest BCUT2D eigenvalue weighted by Crippen LogP contribution is -2.39. The van der Waals surface area contributed by atoms with Gasteiger partial charge in [-0.05, 0) is 11.8 Å². The molecule has 2 heterocycles. The minimum Gasteiger partial charge on any atom is -0.374 e. The molecule has 1 aliphatic heterocycles. The van der Waals surface area contributed by atoms with Gasteiger partial charge in [-0.2, -0.15) is 0 Å². The van der Waals surface area contributed by atoms with Crippen molar-refractivity contribution in [2.24, 2.45) is 0 Å². The summed E-state index contributed by atoms with van der Waals surface area (Å²) in [5.74, 6) is 0. The highest BCUT2D eigenvalue weighted by atomic mass is 32.5. The monoisotopic (exact) mass is 448 g/mol. The van der Waals surface area contributed by atoms with Crippen molar-refractivity contribution in [1.29, 1.82) is 0 Å². The highest BCUT2D eigenvalue weighted by Gasteiger charge is 2.50. The lowest BCUT2D eigenvalue weighted by Gasteiger charge is -2.25. The van der Waals surface area contributed by atoms with Crippen LogP contribution in [0.1, 0.15) is 6.23 Å². The first-order chi connectivity index (χ1) is 12.5. The van der Waals surface area contributed by atoms with E-state index in [2.05, 4.69) is 16.3 Å². The molecule has 154 valence electrons. The normalized spacial score (nSPS) is 28.2. The average molecular weight is 448 g/mol. The lowest BCUT2D eigenvalue weighted by molar-refractivity contribution is -0.166. The molecule has 0 radical (unpaired) electrons. The average Bonchev–Trinajstić information content (AvgIpc) is 2.88. The summed E-state index contributed by atoms with van der Waals surface area (Å²) >= 11 is 4.44. The van der Waals surface area contributed by atoms with E-state index in [0.717, 1.165) is 23.9 Å². The second-order valence-electron chi connectivity index (χ2n) is 5.29. The van der Waals surface area contributed by atoms with Gasteiger partial charge in [0.25, 0.3) is 5.56 Å². The third kappa shape index (κ3) is 5.86. The fraction of sp³-hybridized carbons (Fsp3) is 0.636. The Kier molecular flexibility index (Phi) is 7.28. The SMILES string of the molecule is CO[C@@H]1[C@H](OP(O)(O)=S)[C@@H](OCP(=O)(O)OC)O[C@H]1n1ccc(=O)[nH]c1=O. The Morgan fingerprint density at radius 1 is 1.30 bits per heavy atom. The van der Waals surface area contributed by atoms with Crippen LogP contribution in [0, 0.1) is 0 Å². The first kappa shape index (κ1) is 22.5. The molecule has 1 fully saturated rings. The molecule has 4 N–H and O–H groups in total. The first-order valence-corrected chi connectivity index (χ1v) is 11.6. The molecule has 27 heavy (non-hydrogen) atoms. The maximum atomic E-state index is 12.0. The molecule has 13 nitrogen and oxygen atoms in total. The summed E-state index contributed by atoms with van der Waals surface area (Å²) in [6.07, 6.45) is -4.95. The molecule has 0 saturated carbocycles. The zero-order valence-corrected chi connectivity index (χ0v) is 16.6. The van der Waals surface area contributed by atoms with Crippen molar-refractivity contribution < 1.29 is 42.5 Å². The molecule has 5 atom stereocenters. The number of aromatic nitrogens is 2. The van der Waals surface area contributed by atoms with Crippen molar-refractivity contribution in [3.8, 4) is 0 Å². The summed E-state index contributed by atoms with van der Waals surface area (Å²) < 4.78 is 37.8. The van der Waals surface area contributed by atoms with Gasteiger partial charge in [-0.25, -0.2) is 4.79 Å². The maximum Gasteiger partial charge on any atom is 0.353 e. The summed E-state index contributed by atoms with van der Waals surface area (Å²) in [4.78, 5) is 53.7. The van der Waals surface area contributed by atoms with Crippen molar-refractivity contribution in [2.45, 2.75) is 24.7 Å². The van der Waals surface area contributed by atoms with E-state index < -0.39 is 56.6 Å². The van der Waals surface area contributed by atoms with E-state index in [1.807, 2.05) is 4.98 Å². The molecule has 1 aromatic heterocycles. The molecule has 0 spiro atoms. The Morgan fingerprint density at radius 2 is 1.96 bits per heavy atom. The van der Waals surface area contributed by atoms with E-state index >= 15 is 0 Å². The zero-order valence-electron chi connectivity index (χ0n) is 14.0. The largest absolute Gasteiger partial charge is 0.374 e. The third-order valence-corrected chi connectivity index (χ3v) is 5.31. The van der Waals surface area contributed by atoms with Crippen LogP contribution in [0.5, 0.6) is 0 Å². The standard InChI is InChI=1S/C11H18N2O11P2S/c1-20-7-8(24-26(18,19)27)10(22-5-25(16,17)21-2)23-9(7)13-4-3-6(14)12-11(13)15/h3-4,7-10H,5H2,1-2H3,(H,16,17)(H,12,14,15)(H2,18,19,27)/t7-,8+,9-,10+/m1/s1. The van der Waals surface area contributed by atoms with Gasteiger partial charge in [0.2, 0.25) is 0 Å². The first-order valence-electron chi connectivity index (χ1n) is 7.20. The Labute approximate surface area is 157 Å². The summed E-state index contributed by atoms with van der Waals surface area (Å²) in [5, 5.41) is 0. The Balaban J connectivity index is 2.36. The molecule has 0 amide bonds. The third-order valence-electron chi connectivity index (χ3n) is 3.49. The molecular formula is C11H18N2O11P2S. The van der Waals surface area contributed by atoms with Crippen molar-refractivity contribution in [1.82, 2.24) is 9.55 Å². The number of nitrogens with zero attached hydrogens (tertiary/aromatic N) is 1. The van der Waals surface area contributed by atoms with Crippen molar-refractivity contribution in [3.63, 3.8) is 0 Å². The highest BCUT2D eigenvalue weighted by Crippen LogP contribution is 2.47. The number of methoxy groups -OCH3 is 1. The molecule has 1 aromatic rings. The van der Waals surface area contributed by atoms with E-state index in [1.54, 1.807) is 0 Å². The highest BCUT2D eigenvalue weighted by molar-refractivity contribution is 8.06. The number of rotatable bonds is 8. The van der Waals surface area contributed by atoms with Crippen LogP contribution < -0.4 is 11.2 Å². The maximum absolute atomic E-state index is 12.0. The summed E-state index contributed by atoms with van der Waals surface area (Å²) in [7, 11) is -1.88. The van der Waals surface area contributed by atoms with Gasteiger partial charge in [-0.3, -0.25) is 23.4 Å². The predicted molar refractivity (Wildman–Crippen MR) is 92.4 cm³/mol. The summed E-state index contributed by atoms with van der Waals surface area (Å²) in [6.45, 7) is -4.23. The van der Waals surface area contributed by atoms with Gasteiger partial charge in [0.05, 0.1) is 0 Å². The molecule has 1 unspecified atom stereocenters. The van der Waals surface area contributed by atoms with Gasteiger partial charge in [0, 0.05) is 26.5 Å². The summed E-state index contributed by atoms with van der Waals surface area (Å²) in [5.41, 5.74) is -1.49. The van der Waals surface area contributed by atoms with Crippen LogP contribution in [0.4, 0.5) is 0 Å². The fourth-order valence-electron chi connectivity index (χ4n) is 2.33. The zero-order chi connectivity index (χ0) is 20.4. The quantitative estimate of drug-likeness (QED) is 0.350. The predicted octanol–water partition coefficient (Wildman–Crippen LogP) is -1.19. The summed E-state index contributed by atoms with van der Waals surface area (Å²) in [6, 6.07) is 1.05. The molecule has 0 bridgehead atoms. The molecule has 16 heteroatoms. The number of ether oxygens (including phenoxy) is 3. The van der Waals surface area contributed by atoms with Gasteiger partial charge in [-0.1, -0.05) is 0 Å². The molecule has 2 rings (SSSR count). The smallest absolute Gasteiger partial charge is 0.353 e. The number of H-pyrrole nitrogens is 1. The number of hydrogen-bond donors (Lipinski definition) is 4. The number of aromatic amines is 1. The van der Waals surface area contributed by atoms with Gasteiger partial charge in [0.1, 0.15) is 12.2 Å². The van der Waals surface area contributed by atoms with Crippen LogP contribution >= 0.6 is 14.3 Å². The van der Waals surface area contributed by atoms with E-state index in [1.165, 1.54) is 7.11 Å². The van der Waals surface area contributed by atoms with Gasteiger partial charge >= 0.3 is 20.0 Å². The Morgan fingerprint density at radius 3 is 2.48 bits per heavy atom. The topological polar surface area (TPSA) is 179 Å². The van der Waals surface area contributed by atoms with Crippen molar-refractivity contribution in [2.75, 3.05) is 20.6 Å². The van der Waals surface area contributed by atoms with Crippen LogP contribution in [0.3, 0.4) is 0 Å². The van der Waals surface area contributed by atoms with E-state index in [9.17, 15) is 28.8 Å². The van der Waals surface area contributed by atoms with Gasteiger partial charge < -0.3 is 33.4 Å². The van der Waals surface area contributed by atoms with E-state index in [4.69, 9.17) is 18.7 Å². The van der Waals surface area contributed by atoms with Crippen LogP contribution in [0.25, 0.3) is 0 Å². The lowest BCUT2D eigenvalue weighted by atomic mass is 10.2.